The minimum Gasteiger partial charge on any atom is -0.480 e. The number of carboxylic acid groups (broad SMARTS) is 1. The first-order chi connectivity index (χ1) is 12.2. The fourth-order valence-corrected chi connectivity index (χ4v) is 2.54. The van der Waals surface area contributed by atoms with Gasteiger partial charge in [0.1, 0.15) is 17.7 Å². The molecule has 2 atom stereocenters. The third kappa shape index (κ3) is 5.73. The largest absolute Gasteiger partial charge is 0.480 e. The zero-order valence-electron chi connectivity index (χ0n) is 15.1. The van der Waals surface area contributed by atoms with Gasteiger partial charge in [-0.1, -0.05) is 0 Å². The van der Waals surface area contributed by atoms with E-state index in [0.29, 0.717) is 19.4 Å². The Kier molecular flexibility index (Phi) is 6.19. The van der Waals surface area contributed by atoms with Crippen LogP contribution in [0.1, 0.15) is 33.6 Å². The highest BCUT2D eigenvalue weighted by molar-refractivity contribution is 5.86. The number of ether oxygens (including phenoxy) is 1. The maximum atomic E-state index is 12.9. The molecule has 26 heavy (non-hydrogen) atoms. The van der Waals surface area contributed by atoms with Crippen molar-refractivity contribution in [1.29, 1.82) is 0 Å². The van der Waals surface area contributed by atoms with Crippen molar-refractivity contribution in [3.05, 3.63) is 18.5 Å². The summed E-state index contributed by atoms with van der Waals surface area (Å²) in [7, 11) is 0. The molecule has 0 bridgehead atoms. The first kappa shape index (κ1) is 19.7. The highest BCUT2D eigenvalue weighted by Crippen LogP contribution is 2.11. The van der Waals surface area contributed by atoms with Crippen molar-refractivity contribution in [2.45, 2.75) is 57.8 Å². The average molecular weight is 367 g/mol. The number of amides is 2. The first-order valence-corrected chi connectivity index (χ1v) is 8.43. The van der Waals surface area contributed by atoms with Gasteiger partial charge in [-0.25, -0.2) is 10.2 Å². The second-order valence-electron chi connectivity index (χ2n) is 7.08. The van der Waals surface area contributed by atoms with E-state index in [-0.39, 0.29) is 6.54 Å². The zero-order valence-corrected chi connectivity index (χ0v) is 15.1. The fraction of sp³-hybridized carbons (Fsp3) is 0.625. The van der Waals surface area contributed by atoms with E-state index >= 15 is 0 Å². The quantitative estimate of drug-likeness (QED) is 0.686. The Hall–Kier alpha value is -2.62. The minimum absolute atomic E-state index is 0.0982. The molecule has 1 aliphatic rings. The number of hydrazine groups is 1. The Morgan fingerprint density at radius 2 is 2.15 bits per heavy atom. The van der Waals surface area contributed by atoms with Gasteiger partial charge in [0.25, 0.3) is 5.91 Å². The van der Waals surface area contributed by atoms with E-state index < -0.39 is 35.7 Å². The summed E-state index contributed by atoms with van der Waals surface area (Å²) in [4.78, 5) is 36.1. The molecule has 0 radical (unpaired) electrons. The van der Waals surface area contributed by atoms with Crippen LogP contribution in [0.25, 0.3) is 0 Å². The van der Waals surface area contributed by atoms with Gasteiger partial charge in [-0.3, -0.25) is 19.3 Å². The number of carbonyl (C=O) groups excluding carboxylic acids is 2. The maximum absolute atomic E-state index is 12.9. The number of hydrogen-bond donors (Lipinski definition) is 3. The molecular weight excluding hydrogens is 342 g/mol. The van der Waals surface area contributed by atoms with E-state index in [0.717, 1.165) is 0 Å². The second kappa shape index (κ2) is 8.17. The molecular formula is C16H25N5O5. The van der Waals surface area contributed by atoms with E-state index in [1.54, 1.807) is 39.2 Å². The van der Waals surface area contributed by atoms with Crippen molar-refractivity contribution < 1.29 is 24.2 Å². The third-order valence-electron chi connectivity index (χ3n) is 3.67. The second-order valence-corrected chi connectivity index (χ2v) is 7.08. The predicted octanol–water partition coefficient (Wildman–Crippen LogP) is 0.357. The zero-order chi connectivity index (χ0) is 19.3. The smallest absolute Gasteiger partial charge is 0.408 e. The molecule has 0 aromatic carbocycles. The lowest BCUT2D eigenvalue weighted by molar-refractivity contribution is -0.148. The van der Waals surface area contributed by atoms with Gasteiger partial charge in [0.05, 0.1) is 6.54 Å². The molecule has 0 unspecified atom stereocenters. The number of aliphatic carboxylic acids is 1. The summed E-state index contributed by atoms with van der Waals surface area (Å²) < 4.78 is 6.73. The number of aromatic nitrogens is 2. The molecule has 0 saturated carbocycles. The normalized spacial score (nSPS) is 18.9. The SMILES string of the molecule is CC(C)(C)OC(=O)N[C@@H](Cn1cccn1)C(=O)N1CCC[C@@H](C(=O)O)N1. The van der Waals surface area contributed by atoms with E-state index in [1.807, 2.05) is 0 Å². The van der Waals surface area contributed by atoms with Crippen molar-refractivity contribution in [2.75, 3.05) is 6.54 Å². The lowest BCUT2D eigenvalue weighted by atomic mass is 10.1. The third-order valence-corrected chi connectivity index (χ3v) is 3.67. The van der Waals surface area contributed by atoms with Gasteiger partial charge < -0.3 is 15.2 Å². The van der Waals surface area contributed by atoms with Gasteiger partial charge in [-0.15, -0.1) is 0 Å². The molecule has 1 aliphatic heterocycles. The van der Waals surface area contributed by atoms with Crippen LogP contribution in [-0.4, -0.2) is 62.1 Å². The molecule has 3 N–H and O–H groups in total. The molecule has 1 saturated heterocycles. The van der Waals surface area contributed by atoms with Gasteiger partial charge in [0.2, 0.25) is 0 Å². The molecule has 1 fully saturated rings. The van der Waals surface area contributed by atoms with Gasteiger partial charge in [0, 0.05) is 18.9 Å². The van der Waals surface area contributed by atoms with Crippen molar-refractivity contribution in [3.63, 3.8) is 0 Å². The highest BCUT2D eigenvalue weighted by Gasteiger charge is 2.33. The molecule has 2 amide bonds. The Bertz CT molecular complexity index is 640. The van der Waals surface area contributed by atoms with Crippen LogP contribution in [0.2, 0.25) is 0 Å². The summed E-state index contributed by atoms with van der Waals surface area (Å²) in [6.45, 7) is 5.62. The van der Waals surface area contributed by atoms with Crippen molar-refractivity contribution >= 4 is 18.0 Å². The minimum atomic E-state index is -1.02. The lowest BCUT2D eigenvalue weighted by Crippen LogP contribution is -2.60. The van der Waals surface area contributed by atoms with Gasteiger partial charge >= 0.3 is 12.1 Å². The summed E-state index contributed by atoms with van der Waals surface area (Å²) in [5, 5.41) is 17.0. The van der Waals surface area contributed by atoms with Crippen LogP contribution >= 0.6 is 0 Å². The monoisotopic (exact) mass is 367 g/mol. The number of rotatable bonds is 5. The summed E-state index contributed by atoms with van der Waals surface area (Å²) >= 11 is 0. The molecule has 1 aromatic heterocycles. The number of carboxylic acids is 1. The number of alkyl carbamates (subject to hydrolysis) is 1. The molecule has 144 valence electrons. The van der Waals surface area contributed by atoms with Crippen LogP contribution in [0.4, 0.5) is 4.79 Å². The van der Waals surface area contributed by atoms with Gasteiger partial charge in [-0.05, 0) is 39.7 Å². The summed E-state index contributed by atoms with van der Waals surface area (Å²) in [5.74, 6) is -1.47. The van der Waals surface area contributed by atoms with Crippen LogP contribution in [0.5, 0.6) is 0 Å². The molecule has 0 aliphatic carbocycles. The first-order valence-electron chi connectivity index (χ1n) is 8.43. The van der Waals surface area contributed by atoms with E-state index in [2.05, 4.69) is 15.8 Å². The molecule has 2 rings (SSSR count). The van der Waals surface area contributed by atoms with E-state index in [1.165, 1.54) is 9.69 Å². The summed E-state index contributed by atoms with van der Waals surface area (Å²) in [5.41, 5.74) is 1.99. The average Bonchev–Trinajstić information content (AvgIpc) is 3.05. The van der Waals surface area contributed by atoms with Gasteiger partial charge in [0.15, 0.2) is 0 Å². The number of hydrogen-bond acceptors (Lipinski definition) is 6. The predicted molar refractivity (Wildman–Crippen MR) is 90.9 cm³/mol. The van der Waals surface area contributed by atoms with Crippen molar-refractivity contribution in [1.82, 2.24) is 25.5 Å². The number of nitrogens with zero attached hydrogens (tertiary/aromatic N) is 3. The summed E-state index contributed by atoms with van der Waals surface area (Å²) in [6.07, 6.45) is 3.49. The van der Waals surface area contributed by atoms with Crippen LogP contribution in [0, 0.1) is 0 Å². The van der Waals surface area contributed by atoms with Crippen molar-refractivity contribution in [2.24, 2.45) is 0 Å². The number of carbonyl (C=O) groups is 3. The molecule has 10 nitrogen and oxygen atoms in total. The van der Waals surface area contributed by atoms with Crippen LogP contribution < -0.4 is 10.7 Å². The topological polar surface area (TPSA) is 126 Å². The summed E-state index contributed by atoms with van der Waals surface area (Å²) in [6, 6.07) is -0.0846. The Morgan fingerprint density at radius 1 is 1.42 bits per heavy atom. The van der Waals surface area contributed by atoms with Crippen LogP contribution in [0.3, 0.4) is 0 Å². The van der Waals surface area contributed by atoms with Crippen LogP contribution in [0.15, 0.2) is 18.5 Å². The van der Waals surface area contributed by atoms with E-state index in [9.17, 15) is 14.4 Å². The van der Waals surface area contributed by atoms with E-state index in [4.69, 9.17) is 9.84 Å². The number of nitrogens with one attached hydrogen (secondary N) is 2. The molecule has 0 spiro atoms. The Balaban J connectivity index is 2.10. The molecule has 2 heterocycles. The Morgan fingerprint density at radius 3 is 2.73 bits per heavy atom. The standard InChI is InChI=1S/C16H25N5O5/c1-16(2,3)26-15(25)18-12(10-20-8-5-7-17-20)13(22)21-9-4-6-11(19-21)14(23)24/h5,7-8,11-12,19H,4,6,9-10H2,1-3H3,(H,18,25)(H,23,24)/t11-,12-/m0/s1. The van der Waals surface area contributed by atoms with Gasteiger partial charge in [-0.2, -0.15) is 5.10 Å². The lowest BCUT2D eigenvalue weighted by Gasteiger charge is -2.34. The van der Waals surface area contributed by atoms with Crippen LogP contribution in [-0.2, 0) is 20.9 Å². The Labute approximate surface area is 151 Å². The molecule has 1 aromatic rings. The maximum Gasteiger partial charge on any atom is 0.408 e. The van der Waals surface area contributed by atoms with Crippen molar-refractivity contribution in [3.8, 4) is 0 Å². The fourth-order valence-electron chi connectivity index (χ4n) is 2.54. The highest BCUT2D eigenvalue weighted by atomic mass is 16.6. The molecule has 10 heteroatoms.